The summed E-state index contributed by atoms with van der Waals surface area (Å²) in [7, 11) is 2.07. The summed E-state index contributed by atoms with van der Waals surface area (Å²) in [5.41, 5.74) is 0.262. The number of nitrogens with one attached hydrogen (secondary N) is 1. The molecule has 1 saturated heterocycles. The van der Waals surface area contributed by atoms with Gasteiger partial charge in [-0.05, 0) is 82.6 Å². The molecule has 1 aliphatic rings. The van der Waals surface area contributed by atoms with Gasteiger partial charge in [-0.3, -0.25) is 4.79 Å². The molecule has 2 aromatic rings. The van der Waals surface area contributed by atoms with Gasteiger partial charge in [0.05, 0.1) is 5.60 Å². The lowest BCUT2D eigenvalue weighted by Gasteiger charge is -2.24. The molecule has 33 heavy (non-hydrogen) atoms. The average molecular weight is 469 g/mol. The maximum atomic E-state index is 13.1. The van der Waals surface area contributed by atoms with E-state index in [9.17, 15) is 23.1 Å². The zero-order valence-corrected chi connectivity index (χ0v) is 19.2. The molecule has 3 rings (SSSR count). The summed E-state index contributed by atoms with van der Waals surface area (Å²) in [6.07, 6.45) is 3.35. The molecular formula is C24H31F3N2O4. The van der Waals surface area contributed by atoms with Crippen LogP contribution >= 0.6 is 0 Å². The van der Waals surface area contributed by atoms with Gasteiger partial charge in [-0.25, -0.2) is 13.2 Å². The summed E-state index contributed by atoms with van der Waals surface area (Å²) >= 11 is 0. The molecule has 2 N–H and O–H groups in total. The fraction of sp³-hybridized carbons (Fsp3) is 0.375. The molecule has 6 nitrogen and oxygen atoms in total. The van der Waals surface area contributed by atoms with Crippen molar-refractivity contribution >= 4 is 25.2 Å². The number of amides is 1. The lowest BCUT2D eigenvalue weighted by Crippen LogP contribution is -2.36. The van der Waals surface area contributed by atoms with Crippen LogP contribution in [0.5, 0.6) is 0 Å². The van der Waals surface area contributed by atoms with Gasteiger partial charge < -0.3 is 24.9 Å². The van der Waals surface area contributed by atoms with E-state index in [1.54, 1.807) is 0 Å². The summed E-state index contributed by atoms with van der Waals surface area (Å²) in [4.78, 5) is 30.0. The monoisotopic (exact) mass is 468 g/mol. The fourth-order valence-electron chi connectivity index (χ4n) is 3.19. The minimum atomic E-state index is -1.05. The molecule has 2 aromatic carbocycles. The predicted molar refractivity (Wildman–Crippen MR) is 122 cm³/mol. The molecule has 0 bridgehead atoms. The highest BCUT2D eigenvalue weighted by molar-refractivity contribution is 6.04. The van der Waals surface area contributed by atoms with Gasteiger partial charge in [-0.15, -0.1) is 0 Å². The molecule has 1 amide bonds. The summed E-state index contributed by atoms with van der Waals surface area (Å²) in [5, 5.41) is 12.1. The number of β-amino-alcohol motifs (C(OH)–C–C–N with tert-alkyl or cyclic N) is 1. The van der Waals surface area contributed by atoms with Crippen molar-refractivity contribution in [1.82, 2.24) is 4.90 Å². The number of likely N-dealkylation sites (tertiary alicyclic amines) is 1. The number of rotatable bonds is 2. The van der Waals surface area contributed by atoms with Gasteiger partial charge in [0.15, 0.2) is 11.6 Å². The quantitative estimate of drug-likeness (QED) is 0.692. The second-order valence-electron chi connectivity index (χ2n) is 7.74. The van der Waals surface area contributed by atoms with E-state index in [4.69, 9.17) is 9.59 Å². The molecular weight excluding hydrogens is 437 g/mol. The van der Waals surface area contributed by atoms with Crippen LogP contribution < -0.4 is 5.32 Å². The fourth-order valence-corrected chi connectivity index (χ4v) is 3.19. The van der Waals surface area contributed by atoms with Gasteiger partial charge in [0, 0.05) is 23.9 Å². The van der Waals surface area contributed by atoms with Crippen molar-refractivity contribution in [3.05, 3.63) is 65.0 Å². The topological polar surface area (TPSA) is 86.7 Å². The summed E-state index contributed by atoms with van der Waals surface area (Å²) in [5.74, 6) is -2.97. The molecule has 0 aliphatic carbocycles. The van der Waals surface area contributed by atoms with Crippen LogP contribution in [0.25, 0.3) is 0 Å². The molecule has 182 valence electrons. The van der Waals surface area contributed by atoms with Gasteiger partial charge in [-0.1, -0.05) is 0 Å². The van der Waals surface area contributed by atoms with Crippen molar-refractivity contribution in [3.63, 3.8) is 0 Å². The molecule has 0 aromatic heterocycles. The van der Waals surface area contributed by atoms with Crippen molar-refractivity contribution in [3.8, 4) is 0 Å². The number of aryl methyl sites for hydroxylation is 1. The summed E-state index contributed by atoms with van der Waals surface area (Å²) in [6.45, 7) is 9.42. The molecule has 9 heteroatoms. The number of benzene rings is 2. The SMILES string of the molecule is C=O.C=O.CN1CCCCC(C)(O)C1.Cc1cc(C(=O)Nc2ccc(F)c(F)c2)ccc1F. The smallest absolute Gasteiger partial charge is 0.255 e. The Labute approximate surface area is 192 Å². The Morgan fingerprint density at radius 3 is 2.18 bits per heavy atom. The molecule has 1 aliphatic heterocycles. The largest absolute Gasteiger partial charge is 0.389 e. The van der Waals surface area contributed by atoms with E-state index < -0.39 is 29.0 Å². The van der Waals surface area contributed by atoms with Gasteiger partial charge in [-0.2, -0.15) is 0 Å². The standard InChI is InChI=1S/C14H10F3NO.C8H17NO.2CH2O/c1-8-6-9(2-4-11(8)15)14(19)18-10-3-5-12(16)13(17)7-10;1-8(10)5-3-4-6-9(2)7-8;2*1-2/h2-7H,1H3,(H,18,19);10H,3-7H2,1-2H3;2*1H2. The van der Waals surface area contributed by atoms with E-state index in [0.29, 0.717) is 5.56 Å². The van der Waals surface area contributed by atoms with Crippen molar-refractivity contribution in [2.75, 3.05) is 25.5 Å². The van der Waals surface area contributed by atoms with E-state index in [2.05, 4.69) is 17.3 Å². The Hall–Kier alpha value is -3.04. The Balaban J connectivity index is 0.000000617. The zero-order chi connectivity index (χ0) is 25.6. The number of likely N-dealkylation sites (N-methyl/N-ethyl adjacent to an activating group) is 1. The van der Waals surface area contributed by atoms with Crippen LogP contribution in [-0.2, 0) is 9.59 Å². The van der Waals surface area contributed by atoms with E-state index >= 15 is 0 Å². The number of nitrogens with zero attached hydrogens (tertiary/aromatic N) is 1. The van der Waals surface area contributed by atoms with E-state index in [1.807, 2.05) is 20.5 Å². The van der Waals surface area contributed by atoms with Crippen LogP contribution in [0.1, 0.15) is 42.1 Å². The second-order valence-corrected chi connectivity index (χ2v) is 7.74. The highest BCUT2D eigenvalue weighted by Crippen LogP contribution is 2.18. The van der Waals surface area contributed by atoms with Crippen molar-refractivity contribution in [1.29, 1.82) is 0 Å². The summed E-state index contributed by atoms with van der Waals surface area (Å²) in [6, 6.07) is 6.91. The highest BCUT2D eigenvalue weighted by Gasteiger charge is 2.24. The minimum Gasteiger partial charge on any atom is -0.389 e. The molecule has 0 spiro atoms. The highest BCUT2D eigenvalue weighted by atomic mass is 19.2. The van der Waals surface area contributed by atoms with Gasteiger partial charge >= 0.3 is 0 Å². The van der Waals surface area contributed by atoms with Crippen molar-refractivity contribution < 1.29 is 32.7 Å². The first-order valence-electron chi connectivity index (χ1n) is 10.1. The van der Waals surface area contributed by atoms with Crippen LogP contribution in [0, 0.1) is 24.4 Å². The number of anilines is 1. The summed E-state index contributed by atoms with van der Waals surface area (Å²) < 4.78 is 38.8. The zero-order valence-electron chi connectivity index (χ0n) is 19.2. The molecule has 1 unspecified atom stereocenters. The van der Waals surface area contributed by atoms with Crippen LogP contribution in [0.4, 0.5) is 18.9 Å². The Kier molecular flexibility index (Phi) is 13.5. The molecule has 1 heterocycles. The lowest BCUT2D eigenvalue weighted by atomic mass is 10.0. The van der Waals surface area contributed by atoms with Crippen LogP contribution in [0.15, 0.2) is 36.4 Å². The number of hydrogen-bond donors (Lipinski definition) is 2. The molecule has 1 atom stereocenters. The van der Waals surface area contributed by atoms with Gasteiger partial charge in [0.2, 0.25) is 0 Å². The number of hydrogen-bond acceptors (Lipinski definition) is 5. The number of carbonyl (C=O) groups excluding carboxylic acids is 3. The third kappa shape index (κ3) is 10.9. The molecule has 0 saturated carbocycles. The third-order valence-corrected chi connectivity index (χ3v) is 4.71. The van der Waals surface area contributed by atoms with Crippen LogP contribution in [-0.4, -0.2) is 55.2 Å². The first kappa shape index (κ1) is 30.0. The predicted octanol–water partition coefficient (Wildman–Crippen LogP) is 4.15. The average Bonchev–Trinajstić information content (AvgIpc) is 2.94. The van der Waals surface area contributed by atoms with Gasteiger partial charge in [0.1, 0.15) is 19.4 Å². The number of aliphatic hydroxyl groups is 1. The first-order chi connectivity index (χ1) is 15.6. The molecule has 0 radical (unpaired) electrons. The van der Waals surface area contributed by atoms with Crippen LogP contribution in [0.2, 0.25) is 0 Å². The Bertz CT molecular complexity index is 892. The maximum absolute atomic E-state index is 13.1. The van der Waals surface area contributed by atoms with E-state index in [-0.39, 0.29) is 11.3 Å². The third-order valence-electron chi connectivity index (χ3n) is 4.71. The lowest BCUT2D eigenvalue weighted by molar-refractivity contribution is -0.0987. The van der Waals surface area contributed by atoms with Crippen molar-refractivity contribution in [2.24, 2.45) is 0 Å². The Morgan fingerprint density at radius 2 is 1.61 bits per heavy atom. The van der Waals surface area contributed by atoms with E-state index in [0.717, 1.165) is 38.1 Å². The minimum absolute atomic E-state index is 0.130. The Morgan fingerprint density at radius 1 is 1.00 bits per heavy atom. The first-order valence-corrected chi connectivity index (χ1v) is 10.1. The maximum Gasteiger partial charge on any atom is 0.255 e. The number of halogens is 3. The molecule has 1 fully saturated rings. The van der Waals surface area contributed by atoms with Gasteiger partial charge in [0.25, 0.3) is 5.91 Å². The van der Waals surface area contributed by atoms with Crippen molar-refractivity contribution in [2.45, 2.75) is 38.7 Å². The number of carbonyl (C=O) groups is 3. The normalized spacial score (nSPS) is 17.5. The second kappa shape index (κ2) is 14.9. The van der Waals surface area contributed by atoms with E-state index in [1.165, 1.54) is 37.6 Å². The van der Waals surface area contributed by atoms with Crippen LogP contribution in [0.3, 0.4) is 0 Å².